The number of sulfonamides is 1. The minimum Gasteiger partial charge on any atom is -0.207 e. The van der Waals surface area contributed by atoms with E-state index in [0.29, 0.717) is 0 Å². The van der Waals surface area contributed by atoms with Crippen molar-refractivity contribution in [3.63, 3.8) is 0 Å². The molecule has 0 aliphatic carbocycles. The summed E-state index contributed by atoms with van der Waals surface area (Å²) in [5.74, 6) is 0. The van der Waals surface area contributed by atoms with Crippen molar-refractivity contribution in [2.24, 2.45) is 0 Å². The van der Waals surface area contributed by atoms with Crippen LogP contribution in [0.4, 0.5) is 0 Å². The highest BCUT2D eigenvalue weighted by atomic mass is 32.2. The predicted molar refractivity (Wildman–Crippen MR) is 118 cm³/mol. The molecular weight excluding hydrogens is 378 g/mol. The lowest BCUT2D eigenvalue weighted by molar-refractivity contribution is 0.581. The maximum atomic E-state index is 12.7. The largest absolute Gasteiger partial charge is 0.240 e. The van der Waals surface area contributed by atoms with Gasteiger partial charge in [-0.05, 0) is 39.9 Å². The summed E-state index contributed by atoms with van der Waals surface area (Å²) in [5.41, 5.74) is 5.19. The van der Waals surface area contributed by atoms with Gasteiger partial charge >= 0.3 is 0 Å². The number of benzene rings is 4. The van der Waals surface area contributed by atoms with Crippen molar-refractivity contribution in [3.8, 4) is 22.3 Å². The van der Waals surface area contributed by atoms with Gasteiger partial charge in [0.05, 0.1) is 4.90 Å². The van der Waals surface area contributed by atoms with Gasteiger partial charge in [0.25, 0.3) is 0 Å². The van der Waals surface area contributed by atoms with E-state index in [2.05, 4.69) is 35.1 Å². The van der Waals surface area contributed by atoms with Crippen LogP contribution in [0.1, 0.15) is 5.56 Å². The van der Waals surface area contributed by atoms with Crippen molar-refractivity contribution in [2.45, 2.75) is 11.4 Å². The molecule has 0 saturated heterocycles. The molecule has 0 amide bonds. The second kappa shape index (κ2) is 8.43. The van der Waals surface area contributed by atoms with Crippen LogP contribution in [0, 0.1) is 0 Å². The molecule has 4 heteroatoms. The summed E-state index contributed by atoms with van der Waals surface area (Å²) < 4.78 is 28.1. The zero-order valence-corrected chi connectivity index (χ0v) is 16.6. The van der Waals surface area contributed by atoms with Crippen LogP contribution < -0.4 is 4.72 Å². The van der Waals surface area contributed by atoms with Crippen molar-refractivity contribution in [1.29, 1.82) is 0 Å². The molecule has 0 aliphatic rings. The van der Waals surface area contributed by atoms with Crippen LogP contribution in [-0.4, -0.2) is 8.42 Å². The van der Waals surface area contributed by atoms with Crippen molar-refractivity contribution in [1.82, 2.24) is 4.72 Å². The molecular formula is C25H21NO2S. The fourth-order valence-corrected chi connectivity index (χ4v) is 4.43. The molecule has 0 bridgehead atoms. The first-order valence-electron chi connectivity index (χ1n) is 9.42. The molecule has 0 heterocycles. The van der Waals surface area contributed by atoms with Gasteiger partial charge in [0, 0.05) is 6.54 Å². The molecule has 0 fully saturated rings. The topological polar surface area (TPSA) is 46.2 Å². The lowest BCUT2D eigenvalue weighted by Gasteiger charge is -2.16. The first-order chi connectivity index (χ1) is 14.1. The summed E-state index contributed by atoms with van der Waals surface area (Å²) >= 11 is 0. The van der Waals surface area contributed by atoms with E-state index in [1.54, 1.807) is 30.3 Å². The van der Waals surface area contributed by atoms with E-state index >= 15 is 0 Å². The average Bonchev–Trinajstić information content (AvgIpc) is 2.79. The molecule has 0 radical (unpaired) electrons. The summed E-state index contributed by atoms with van der Waals surface area (Å²) in [6, 6.07) is 34.7. The van der Waals surface area contributed by atoms with Crippen LogP contribution >= 0.6 is 0 Å². The standard InChI is InChI=1S/C25H21NO2S/c27-29(28,23-16-8-3-9-17-23)26-19-22-15-10-18-24(20-11-4-1-5-12-20)25(22)21-13-6-2-7-14-21/h1-18,26H,19H2. The van der Waals surface area contributed by atoms with E-state index in [-0.39, 0.29) is 11.4 Å². The van der Waals surface area contributed by atoms with Crippen LogP contribution in [-0.2, 0) is 16.6 Å². The second-order valence-electron chi connectivity index (χ2n) is 6.71. The van der Waals surface area contributed by atoms with E-state index < -0.39 is 10.0 Å². The first kappa shape index (κ1) is 19.1. The predicted octanol–water partition coefficient (Wildman–Crippen LogP) is 5.50. The monoisotopic (exact) mass is 399 g/mol. The summed E-state index contributed by atoms with van der Waals surface area (Å²) in [4.78, 5) is 0.264. The summed E-state index contributed by atoms with van der Waals surface area (Å²) in [6.45, 7) is 0.210. The maximum Gasteiger partial charge on any atom is 0.240 e. The third kappa shape index (κ3) is 4.29. The lowest BCUT2D eigenvalue weighted by atomic mass is 9.90. The molecule has 0 spiro atoms. The van der Waals surface area contributed by atoms with E-state index in [4.69, 9.17) is 0 Å². The van der Waals surface area contributed by atoms with Crippen LogP contribution in [0.2, 0.25) is 0 Å². The smallest absolute Gasteiger partial charge is 0.207 e. The van der Waals surface area contributed by atoms with Crippen LogP contribution in [0.25, 0.3) is 22.3 Å². The normalized spacial score (nSPS) is 11.3. The Labute approximate surface area is 171 Å². The molecule has 4 aromatic carbocycles. The Morgan fingerprint density at radius 2 is 1.14 bits per heavy atom. The number of rotatable bonds is 6. The molecule has 0 aliphatic heterocycles. The van der Waals surface area contributed by atoms with E-state index in [1.807, 2.05) is 48.5 Å². The summed E-state index contributed by atoms with van der Waals surface area (Å²) in [6.07, 6.45) is 0. The van der Waals surface area contributed by atoms with Gasteiger partial charge in [-0.1, -0.05) is 97.1 Å². The van der Waals surface area contributed by atoms with Gasteiger partial charge in [0.15, 0.2) is 0 Å². The van der Waals surface area contributed by atoms with Gasteiger partial charge < -0.3 is 0 Å². The van der Waals surface area contributed by atoms with Crippen LogP contribution in [0.15, 0.2) is 114 Å². The third-order valence-electron chi connectivity index (χ3n) is 4.80. The summed E-state index contributed by atoms with van der Waals surface area (Å²) in [7, 11) is -3.58. The van der Waals surface area contributed by atoms with E-state index in [9.17, 15) is 8.42 Å². The Morgan fingerprint density at radius 3 is 1.76 bits per heavy atom. The Balaban J connectivity index is 1.76. The molecule has 29 heavy (non-hydrogen) atoms. The third-order valence-corrected chi connectivity index (χ3v) is 6.22. The highest BCUT2D eigenvalue weighted by Crippen LogP contribution is 2.35. The highest BCUT2D eigenvalue weighted by molar-refractivity contribution is 7.89. The Morgan fingerprint density at radius 1 is 0.586 bits per heavy atom. The van der Waals surface area contributed by atoms with Gasteiger partial charge in [0.1, 0.15) is 0 Å². The van der Waals surface area contributed by atoms with Gasteiger partial charge in [-0.3, -0.25) is 0 Å². The lowest BCUT2D eigenvalue weighted by Crippen LogP contribution is -2.23. The molecule has 4 aromatic rings. The Kier molecular flexibility index (Phi) is 5.56. The molecule has 0 aromatic heterocycles. The van der Waals surface area contributed by atoms with Crippen molar-refractivity contribution in [3.05, 3.63) is 115 Å². The van der Waals surface area contributed by atoms with Crippen molar-refractivity contribution in [2.75, 3.05) is 0 Å². The van der Waals surface area contributed by atoms with Gasteiger partial charge in [-0.25, -0.2) is 13.1 Å². The highest BCUT2D eigenvalue weighted by Gasteiger charge is 2.16. The molecule has 3 nitrogen and oxygen atoms in total. The van der Waals surface area contributed by atoms with Crippen molar-refractivity contribution >= 4 is 10.0 Å². The van der Waals surface area contributed by atoms with Gasteiger partial charge in [-0.2, -0.15) is 0 Å². The van der Waals surface area contributed by atoms with E-state index in [0.717, 1.165) is 27.8 Å². The van der Waals surface area contributed by atoms with Crippen molar-refractivity contribution < 1.29 is 8.42 Å². The molecule has 1 N–H and O–H groups in total. The Bertz CT molecular complexity index is 1190. The molecule has 0 atom stereocenters. The summed E-state index contributed by atoms with van der Waals surface area (Å²) in [5, 5.41) is 0. The quantitative estimate of drug-likeness (QED) is 0.465. The van der Waals surface area contributed by atoms with Crippen LogP contribution in [0.3, 0.4) is 0 Å². The van der Waals surface area contributed by atoms with E-state index in [1.165, 1.54) is 0 Å². The molecule has 4 rings (SSSR count). The maximum absolute atomic E-state index is 12.7. The Hall–Kier alpha value is -3.21. The zero-order valence-electron chi connectivity index (χ0n) is 15.8. The minimum atomic E-state index is -3.58. The fourth-order valence-electron chi connectivity index (χ4n) is 3.41. The zero-order chi connectivity index (χ0) is 20.1. The average molecular weight is 400 g/mol. The van der Waals surface area contributed by atoms with Gasteiger partial charge in [-0.15, -0.1) is 0 Å². The fraction of sp³-hybridized carbons (Fsp3) is 0.0400. The second-order valence-corrected chi connectivity index (χ2v) is 8.48. The van der Waals surface area contributed by atoms with Crippen LogP contribution in [0.5, 0.6) is 0 Å². The number of hydrogen-bond acceptors (Lipinski definition) is 2. The molecule has 144 valence electrons. The number of nitrogens with one attached hydrogen (secondary N) is 1. The number of hydrogen-bond donors (Lipinski definition) is 1. The minimum absolute atomic E-state index is 0.210. The SMILES string of the molecule is O=S(=O)(NCc1cccc(-c2ccccc2)c1-c1ccccc1)c1ccccc1. The molecule has 0 saturated carbocycles. The molecule has 0 unspecified atom stereocenters. The van der Waals surface area contributed by atoms with Gasteiger partial charge in [0.2, 0.25) is 10.0 Å². The first-order valence-corrected chi connectivity index (χ1v) is 10.9.